The standard InChI is InChI=1S/C28H56O8Si4/c1-25(2,3)29-17-21-37(13)33-38(14,22-18-30-26(4,5)6)35-40(16,24-20-32-28(10,11)12)36-39(15,34-37)23-19-31-27(7,8)9/h17-24H,1-16H3/b21-17+,22-18+,23-19+,24-20+. The summed E-state index contributed by atoms with van der Waals surface area (Å²) in [6.45, 7) is 31.9. The zero-order chi connectivity index (χ0) is 31.3. The van der Waals surface area contributed by atoms with E-state index >= 15 is 0 Å². The molecule has 1 heterocycles. The molecule has 1 aliphatic heterocycles. The summed E-state index contributed by atoms with van der Waals surface area (Å²) in [6.07, 6.45) is 6.71. The fourth-order valence-corrected chi connectivity index (χ4v) is 21.9. The molecular formula is C28H56O8Si4. The molecule has 0 spiro atoms. The Kier molecular flexibility index (Phi) is 12.0. The van der Waals surface area contributed by atoms with Crippen LogP contribution < -0.4 is 0 Å². The molecule has 0 amide bonds. The summed E-state index contributed by atoms with van der Waals surface area (Å²) in [6, 6.07) is 0. The highest BCUT2D eigenvalue weighted by atomic mass is 28.5. The molecule has 0 bridgehead atoms. The van der Waals surface area contributed by atoms with Crippen molar-refractivity contribution in [1.82, 2.24) is 0 Å². The maximum absolute atomic E-state index is 6.92. The molecule has 0 aromatic rings. The molecule has 40 heavy (non-hydrogen) atoms. The first-order chi connectivity index (χ1) is 17.7. The predicted molar refractivity (Wildman–Crippen MR) is 171 cm³/mol. The van der Waals surface area contributed by atoms with Gasteiger partial charge in [-0.05, 0) is 132 Å². The van der Waals surface area contributed by atoms with Crippen LogP contribution in [0.1, 0.15) is 83.1 Å². The molecular weight excluding hydrogens is 577 g/mol. The first-order valence-electron chi connectivity index (χ1n) is 13.9. The van der Waals surface area contributed by atoms with E-state index in [1.807, 2.05) is 132 Å². The third kappa shape index (κ3) is 15.8. The average Bonchev–Trinajstić information content (AvgIpc) is 2.61. The molecule has 0 aromatic carbocycles. The van der Waals surface area contributed by atoms with E-state index in [1.165, 1.54) is 0 Å². The van der Waals surface area contributed by atoms with Crippen molar-refractivity contribution in [3.63, 3.8) is 0 Å². The highest BCUT2D eigenvalue weighted by molar-refractivity contribution is 6.98. The Bertz CT molecular complexity index is 774. The van der Waals surface area contributed by atoms with Crippen LogP contribution in [0.3, 0.4) is 0 Å². The molecule has 1 aliphatic rings. The second-order valence-corrected chi connectivity index (χ2v) is 27.3. The van der Waals surface area contributed by atoms with E-state index in [4.69, 9.17) is 35.4 Å². The van der Waals surface area contributed by atoms with Gasteiger partial charge in [-0.2, -0.15) is 0 Å². The number of hydrogen-bond acceptors (Lipinski definition) is 8. The smallest absolute Gasteiger partial charge is 0.347 e. The molecule has 0 aromatic heterocycles. The summed E-state index contributed by atoms with van der Waals surface area (Å²) in [7, 11) is -12.3. The van der Waals surface area contributed by atoms with Gasteiger partial charge >= 0.3 is 34.2 Å². The van der Waals surface area contributed by atoms with E-state index in [1.54, 1.807) is 25.0 Å². The van der Waals surface area contributed by atoms with Crippen molar-refractivity contribution in [1.29, 1.82) is 0 Å². The third-order valence-corrected chi connectivity index (χ3v) is 20.7. The van der Waals surface area contributed by atoms with E-state index in [2.05, 4.69) is 0 Å². The first-order valence-corrected chi connectivity index (χ1v) is 23.5. The molecule has 1 rings (SSSR count). The Hall–Kier alpha value is -1.13. The van der Waals surface area contributed by atoms with Crippen molar-refractivity contribution >= 4 is 34.2 Å². The number of rotatable bonds is 8. The maximum Gasteiger partial charge on any atom is 0.347 e. The van der Waals surface area contributed by atoms with Gasteiger partial charge in [-0.25, -0.2) is 0 Å². The summed E-state index contributed by atoms with van der Waals surface area (Å²) < 4.78 is 51.4. The van der Waals surface area contributed by atoms with Crippen molar-refractivity contribution in [3.8, 4) is 0 Å². The summed E-state index contributed by atoms with van der Waals surface area (Å²) in [4.78, 5) is 0. The quantitative estimate of drug-likeness (QED) is 0.198. The topological polar surface area (TPSA) is 73.8 Å². The van der Waals surface area contributed by atoms with E-state index in [0.29, 0.717) is 0 Å². The fourth-order valence-electron chi connectivity index (χ4n) is 3.41. The molecule has 0 N–H and O–H groups in total. The minimum atomic E-state index is -3.08. The first kappa shape index (κ1) is 36.9. The Morgan fingerprint density at radius 1 is 0.350 bits per heavy atom. The van der Waals surface area contributed by atoms with Gasteiger partial charge in [-0.3, -0.25) is 0 Å². The van der Waals surface area contributed by atoms with Crippen molar-refractivity contribution in [2.75, 3.05) is 0 Å². The normalized spacial score (nSPS) is 31.6. The molecule has 0 atom stereocenters. The van der Waals surface area contributed by atoms with Crippen LogP contribution in [0.15, 0.2) is 47.8 Å². The lowest BCUT2D eigenvalue weighted by Gasteiger charge is -2.46. The molecule has 1 saturated heterocycles. The van der Waals surface area contributed by atoms with Gasteiger partial charge in [0.25, 0.3) is 0 Å². The van der Waals surface area contributed by atoms with E-state index < -0.39 is 34.2 Å². The highest BCUT2D eigenvalue weighted by Gasteiger charge is 2.55. The lowest BCUT2D eigenvalue weighted by molar-refractivity contribution is 0.0763. The van der Waals surface area contributed by atoms with Gasteiger partial charge in [0.1, 0.15) is 0 Å². The van der Waals surface area contributed by atoms with Crippen LogP contribution >= 0.6 is 0 Å². The second kappa shape index (κ2) is 13.0. The minimum absolute atomic E-state index is 0.360. The van der Waals surface area contributed by atoms with Gasteiger partial charge in [-0.15, -0.1) is 0 Å². The largest absolute Gasteiger partial charge is 0.496 e. The van der Waals surface area contributed by atoms with Crippen LogP contribution in [0, 0.1) is 0 Å². The molecule has 232 valence electrons. The van der Waals surface area contributed by atoms with Crippen molar-refractivity contribution in [2.45, 2.75) is 132 Å². The van der Waals surface area contributed by atoms with Crippen molar-refractivity contribution in [3.05, 3.63) is 47.8 Å². The van der Waals surface area contributed by atoms with Crippen molar-refractivity contribution < 1.29 is 35.4 Å². The summed E-state index contributed by atoms with van der Waals surface area (Å²) in [5.41, 5.74) is 6.18. The van der Waals surface area contributed by atoms with Gasteiger partial charge in [0.15, 0.2) is 0 Å². The minimum Gasteiger partial charge on any atom is -0.496 e. The molecule has 1 fully saturated rings. The van der Waals surface area contributed by atoms with E-state index in [-0.39, 0.29) is 22.4 Å². The van der Waals surface area contributed by atoms with Gasteiger partial charge < -0.3 is 35.4 Å². The third-order valence-electron chi connectivity index (χ3n) is 4.79. The zero-order valence-corrected chi connectivity index (χ0v) is 31.9. The van der Waals surface area contributed by atoms with Crippen LogP contribution in [0.4, 0.5) is 0 Å². The lowest BCUT2D eigenvalue weighted by Crippen LogP contribution is -2.66. The molecule has 0 saturated carbocycles. The van der Waals surface area contributed by atoms with Crippen LogP contribution in [0.25, 0.3) is 0 Å². The fraction of sp³-hybridized carbons (Fsp3) is 0.714. The van der Waals surface area contributed by atoms with Crippen LogP contribution in [-0.2, 0) is 35.4 Å². The van der Waals surface area contributed by atoms with Gasteiger partial charge in [0, 0.05) is 0 Å². The number of ether oxygens (including phenoxy) is 4. The van der Waals surface area contributed by atoms with Gasteiger partial charge in [0.05, 0.1) is 47.5 Å². The second-order valence-electron chi connectivity index (χ2n) is 14.6. The zero-order valence-electron chi connectivity index (χ0n) is 27.9. The summed E-state index contributed by atoms with van der Waals surface area (Å²) in [5, 5.41) is 0. The molecule has 8 nitrogen and oxygen atoms in total. The highest BCUT2D eigenvalue weighted by Crippen LogP contribution is 2.34. The number of hydrogen-bond donors (Lipinski definition) is 0. The molecule has 0 unspecified atom stereocenters. The Morgan fingerprint density at radius 3 is 0.625 bits per heavy atom. The Labute approximate surface area is 248 Å². The molecule has 0 radical (unpaired) electrons. The average molecular weight is 633 g/mol. The Balaban J connectivity index is 3.66. The SMILES string of the molecule is CC(C)(C)O/C=C/[Si]1(C)O[Si](C)(/C=C/OC(C)(C)C)O[Si](C)(/C=C/OC(C)(C)C)O[Si](C)(/C=C/OC(C)(C)C)O1. The van der Waals surface area contributed by atoms with Crippen LogP contribution in [0.5, 0.6) is 0 Å². The molecule has 12 heteroatoms. The van der Waals surface area contributed by atoms with Crippen LogP contribution in [0.2, 0.25) is 26.2 Å². The molecule has 0 aliphatic carbocycles. The van der Waals surface area contributed by atoms with Gasteiger partial charge in [0.2, 0.25) is 0 Å². The Morgan fingerprint density at radius 2 is 0.500 bits per heavy atom. The predicted octanol–water partition coefficient (Wildman–Crippen LogP) is 7.83. The monoisotopic (exact) mass is 632 g/mol. The summed E-state index contributed by atoms with van der Waals surface area (Å²) >= 11 is 0. The van der Waals surface area contributed by atoms with E-state index in [0.717, 1.165) is 0 Å². The van der Waals surface area contributed by atoms with E-state index in [9.17, 15) is 0 Å². The van der Waals surface area contributed by atoms with Crippen molar-refractivity contribution in [2.24, 2.45) is 0 Å². The van der Waals surface area contributed by atoms with Gasteiger partial charge in [-0.1, -0.05) is 0 Å². The summed E-state index contributed by atoms with van der Waals surface area (Å²) in [5.74, 6) is 0. The van der Waals surface area contributed by atoms with Crippen LogP contribution in [-0.4, -0.2) is 56.6 Å². The lowest BCUT2D eigenvalue weighted by atomic mass is 10.2. The maximum atomic E-state index is 6.92.